The molecule has 1 aliphatic carbocycles. The fraction of sp³-hybridized carbons (Fsp3) is 0.731. The third kappa shape index (κ3) is 7.41. The summed E-state index contributed by atoms with van der Waals surface area (Å²) >= 11 is 0. The Balaban J connectivity index is 1.39. The van der Waals surface area contributed by atoms with E-state index in [1.54, 1.807) is 38.0 Å². The maximum Gasteiger partial charge on any atom is 0.248 e. The van der Waals surface area contributed by atoms with Crippen LogP contribution >= 0.6 is 0 Å². The largest absolute Gasteiger partial charge is 0.497 e. The fourth-order valence-electron chi connectivity index (χ4n) is 5.50. The standard InChI is InChI=1S/C26H43N3O5S/c1-20-14-24(33-5)15-21(2)26(20)35(31,32)28(4)12-13-34-19-25(30)27(3)17-22-8-9-23(16-22)18-29-10-6-7-11-29/h14-15,22-23H,6-13,16-19H2,1-5H3/t22-,23+/m1/s1. The number of sulfonamides is 1. The molecule has 1 amide bonds. The van der Waals surface area contributed by atoms with Crippen molar-refractivity contribution < 1.29 is 22.7 Å². The number of hydrogen-bond donors (Lipinski definition) is 0. The number of likely N-dealkylation sites (N-methyl/N-ethyl adjacent to an activating group) is 2. The summed E-state index contributed by atoms with van der Waals surface area (Å²) in [6.45, 7) is 8.29. The lowest BCUT2D eigenvalue weighted by atomic mass is 10.0. The minimum atomic E-state index is -3.67. The van der Waals surface area contributed by atoms with E-state index in [-0.39, 0.29) is 30.6 Å². The summed E-state index contributed by atoms with van der Waals surface area (Å²) < 4.78 is 38.3. The Bertz CT molecular complexity index is 939. The van der Waals surface area contributed by atoms with E-state index in [4.69, 9.17) is 9.47 Å². The van der Waals surface area contributed by atoms with Crippen molar-refractivity contribution in [2.45, 2.75) is 50.8 Å². The van der Waals surface area contributed by atoms with Gasteiger partial charge in [-0.05, 0) is 94.1 Å². The molecule has 0 bridgehead atoms. The van der Waals surface area contributed by atoms with Gasteiger partial charge in [-0.15, -0.1) is 0 Å². The number of likely N-dealkylation sites (tertiary alicyclic amines) is 1. The molecule has 1 aliphatic heterocycles. The molecular weight excluding hydrogens is 466 g/mol. The summed E-state index contributed by atoms with van der Waals surface area (Å²) in [7, 11) is 1.26. The second-order valence-corrected chi connectivity index (χ2v) is 12.3. The number of carbonyl (C=O) groups is 1. The van der Waals surface area contributed by atoms with Crippen LogP contribution in [0.15, 0.2) is 17.0 Å². The lowest BCUT2D eigenvalue weighted by molar-refractivity contribution is -0.135. The van der Waals surface area contributed by atoms with Gasteiger partial charge in [-0.1, -0.05) is 0 Å². The molecule has 9 heteroatoms. The first-order valence-electron chi connectivity index (χ1n) is 12.8. The van der Waals surface area contributed by atoms with Gasteiger partial charge in [0.25, 0.3) is 0 Å². The Morgan fingerprint density at radius 2 is 1.71 bits per heavy atom. The first kappa shape index (κ1) is 27.9. The highest BCUT2D eigenvalue weighted by Gasteiger charge is 2.29. The summed E-state index contributed by atoms with van der Waals surface area (Å²) in [5.41, 5.74) is 1.28. The molecule has 2 aliphatic rings. The molecule has 1 aromatic rings. The number of benzene rings is 1. The van der Waals surface area contributed by atoms with Gasteiger partial charge in [0, 0.05) is 33.7 Å². The zero-order valence-electron chi connectivity index (χ0n) is 22.1. The number of amides is 1. The topological polar surface area (TPSA) is 79.4 Å². The quantitative estimate of drug-likeness (QED) is 0.403. The highest BCUT2D eigenvalue weighted by atomic mass is 32.2. The summed E-state index contributed by atoms with van der Waals surface area (Å²) in [5.74, 6) is 1.89. The van der Waals surface area contributed by atoms with Gasteiger partial charge in [0.15, 0.2) is 0 Å². The predicted octanol–water partition coefficient (Wildman–Crippen LogP) is 2.92. The minimum Gasteiger partial charge on any atom is -0.497 e. The lowest BCUT2D eigenvalue weighted by Crippen LogP contribution is -2.35. The van der Waals surface area contributed by atoms with E-state index in [1.807, 2.05) is 7.05 Å². The third-order valence-corrected chi connectivity index (χ3v) is 9.60. The molecule has 8 nitrogen and oxygen atoms in total. The Morgan fingerprint density at radius 1 is 1.09 bits per heavy atom. The summed E-state index contributed by atoms with van der Waals surface area (Å²) in [5, 5.41) is 0. The van der Waals surface area contributed by atoms with E-state index >= 15 is 0 Å². The molecule has 1 saturated carbocycles. The van der Waals surface area contributed by atoms with Crippen molar-refractivity contribution in [2.75, 3.05) is 67.1 Å². The van der Waals surface area contributed by atoms with Crippen LogP contribution in [0.25, 0.3) is 0 Å². The first-order chi connectivity index (χ1) is 16.6. The normalized spacial score (nSPS) is 21.1. The van der Waals surface area contributed by atoms with E-state index in [9.17, 15) is 13.2 Å². The zero-order valence-corrected chi connectivity index (χ0v) is 22.9. The molecule has 2 fully saturated rings. The van der Waals surface area contributed by atoms with Crippen LogP contribution in [0.4, 0.5) is 0 Å². The monoisotopic (exact) mass is 509 g/mol. The van der Waals surface area contributed by atoms with E-state index < -0.39 is 10.0 Å². The summed E-state index contributed by atoms with van der Waals surface area (Å²) in [4.78, 5) is 17.2. The van der Waals surface area contributed by atoms with Crippen LogP contribution in [-0.2, 0) is 19.6 Å². The van der Waals surface area contributed by atoms with Crippen molar-refractivity contribution in [3.05, 3.63) is 23.3 Å². The van der Waals surface area contributed by atoms with E-state index in [2.05, 4.69) is 4.90 Å². The van der Waals surface area contributed by atoms with Gasteiger partial charge in [-0.3, -0.25) is 4.79 Å². The van der Waals surface area contributed by atoms with Gasteiger partial charge in [0.2, 0.25) is 15.9 Å². The number of nitrogens with zero attached hydrogens (tertiary/aromatic N) is 3. The molecule has 1 heterocycles. The van der Waals surface area contributed by atoms with Crippen LogP contribution in [-0.4, -0.2) is 95.6 Å². The number of rotatable bonds is 12. The molecule has 198 valence electrons. The molecule has 0 aromatic heterocycles. The Hall–Kier alpha value is -1.68. The lowest BCUT2D eigenvalue weighted by Gasteiger charge is -2.23. The summed E-state index contributed by atoms with van der Waals surface area (Å²) in [6, 6.07) is 3.44. The molecule has 1 aromatic carbocycles. The van der Waals surface area contributed by atoms with Crippen molar-refractivity contribution >= 4 is 15.9 Å². The summed E-state index contributed by atoms with van der Waals surface area (Å²) in [6.07, 6.45) is 6.30. The molecule has 0 unspecified atom stereocenters. The minimum absolute atomic E-state index is 0.0328. The molecular formula is C26H43N3O5S. The molecule has 0 radical (unpaired) electrons. The molecule has 2 atom stereocenters. The van der Waals surface area contributed by atoms with Gasteiger partial charge in [-0.2, -0.15) is 4.31 Å². The molecule has 0 N–H and O–H groups in total. The van der Waals surface area contributed by atoms with E-state index in [1.165, 1.54) is 63.1 Å². The van der Waals surface area contributed by atoms with E-state index in [0.29, 0.717) is 22.8 Å². The Morgan fingerprint density at radius 3 is 2.34 bits per heavy atom. The Labute approximate surface area is 211 Å². The Kier molecular flexibility index (Phi) is 9.98. The van der Waals surface area contributed by atoms with E-state index in [0.717, 1.165) is 12.5 Å². The first-order valence-corrected chi connectivity index (χ1v) is 14.2. The molecule has 0 spiro atoms. The van der Waals surface area contributed by atoms with Gasteiger partial charge in [-0.25, -0.2) is 8.42 Å². The van der Waals surface area contributed by atoms with Crippen LogP contribution in [0.1, 0.15) is 43.2 Å². The highest BCUT2D eigenvalue weighted by molar-refractivity contribution is 7.89. The smallest absolute Gasteiger partial charge is 0.248 e. The maximum atomic E-state index is 13.1. The maximum absolute atomic E-state index is 13.1. The van der Waals surface area contributed by atoms with Crippen molar-refractivity contribution in [1.29, 1.82) is 0 Å². The van der Waals surface area contributed by atoms with Crippen molar-refractivity contribution in [3.8, 4) is 5.75 Å². The number of methoxy groups -OCH3 is 1. The van der Waals surface area contributed by atoms with Crippen molar-refractivity contribution in [3.63, 3.8) is 0 Å². The van der Waals surface area contributed by atoms with Crippen LogP contribution in [0, 0.1) is 25.7 Å². The number of ether oxygens (including phenoxy) is 2. The molecule has 1 saturated heterocycles. The number of carbonyl (C=O) groups excluding carboxylic acids is 1. The predicted molar refractivity (Wildman–Crippen MR) is 137 cm³/mol. The zero-order chi connectivity index (χ0) is 25.6. The van der Waals surface area contributed by atoms with Gasteiger partial charge in [0.05, 0.1) is 18.6 Å². The number of hydrogen-bond acceptors (Lipinski definition) is 6. The second-order valence-electron chi connectivity index (χ2n) is 10.3. The van der Waals surface area contributed by atoms with Crippen LogP contribution in [0.5, 0.6) is 5.75 Å². The SMILES string of the molecule is COc1cc(C)c(S(=O)(=O)N(C)CCOCC(=O)N(C)C[C@@H]2CC[C@H](CN3CCCC3)C2)c(C)c1. The average Bonchev–Trinajstić information content (AvgIpc) is 3.47. The van der Waals surface area contributed by atoms with Gasteiger partial charge >= 0.3 is 0 Å². The second kappa shape index (κ2) is 12.5. The molecule has 3 rings (SSSR count). The van der Waals surface area contributed by atoms with Crippen LogP contribution < -0.4 is 4.74 Å². The average molecular weight is 510 g/mol. The van der Waals surface area contributed by atoms with Crippen molar-refractivity contribution in [2.24, 2.45) is 11.8 Å². The van der Waals surface area contributed by atoms with Crippen LogP contribution in [0.3, 0.4) is 0 Å². The number of aryl methyl sites for hydroxylation is 2. The highest BCUT2D eigenvalue weighted by Crippen LogP contribution is 2.32. The van der Waals surface area contributed by atoms with Gasteiger partial charge in [0.1, 0.15) is 12.4 Å². The van der Waals surface area contributed by atoms with Crippen molar-refractivity contribution in [1.82, 2.24) is 14.1 Å². The van der Waals surface area contributed by atoms with Crippen LogP contribution in [0.2, 0.25) is 0 Å². The third-order valence-electron chi connectivity index (χ3n) is 7.44. The van der Waals surface area contributed by atoms with Gasteiger partial charge < -0.3 is 19.3 Å². The fourth-order valence-corrected chi connectivity index (χ4v) is 7.06. The molecule has 35 heavy (non-hydrogen) atoms.